The molecule has 26 heavy (non-hydrogen) atoms. The van der Waals surface area contributed by atoms with Gasteiger partial charge in [0.15, 0.2) is 0 Å². The van der Waals surface area contributed by atoms with Gasteiger partial charge in [0.25, 0.3) is 0 Å². The lowest BCUT2D eigenvalue weighted by molar-refractivity contribution is -0.0498. The number of ether oxygens (including phenoxy) is 1. The molecule has 5 nitrogen and oxygen atoms in total. The molecule has 1 atom stereocenters. The average Bonchev–Trinajstić information content (AvgIpc) is 3.10. The first-order valence-corrected chi connectivity index (χ1v) is 8.58. The van der Waals surface area contributed by atoms with Crippen LogP contribution in [0.4, 0.5) is 14.7 Å². The molecule has 8 heteroatoms. The van der Waals surface area contributed by atoms with E-state index >= 15 is 0 Å². The second-order valence-corrected chi connectivity index (χ2v) is 6.55. The summed E-state index contributed by atoms with van der Waals surface area (Å²) in [4.78, 5) is 4.25. The number of allylic oxidation sites excluding steroid dienone is 1. The summed E-state index contributed by atoms with van der Waals surface area (Å²) < 4.78 is 31.8. The fraction of sp³-hybridized carbons (Fsp3) is 0.111. The minimum atomic E-state index is -2.84. The number of aromatic nitrogens is 3. The molecule has 0 unspecified atom stereocenters. The van der Waals surface area contributed by atoms with Gasteiger partial charge in [0.05, 0.1) is 0 Å². The zero-order valence-corrected chi connectivity index (χ0v) is 14.9. The van der Waals surface area contributed by atoms with Crippen LogP contribution in [0, 0.1) is 0 Å². The van der Waals surface area contributed by atoms with Gasteiger partial charge in [0, 0.05) is 10.2 Å². The first-order valence-electron chi connectivity index (χ1n) is 7.79. The van der Waals surface area contributed by atoms with Crippen molar-refractivity contribution in [3.8, 4) is 5.75 Å². The van der Waals surface area contributed by atoms with Crippen LogP contribution in [0.3, 0.4) is 0 Å². The quantitative estimate of drug-likeness (QED) is 0.667. The molecule has 1 aromatic heterocycles. The predicted molar refractivity (Wildman–Crippen MR) is 97.0 cm³/mol. The third kappa shape index (κ3) is 3.32. The van der Waals surface area contributed by atoms with Crippen molar-refractivity contribution >= 4 is 27.6 Å². The number of anilines is 1. The second kappa shape index (κ2) is 6.87. The summed E-state index contributed by atoms with van der Waals surface area (Å²) in [5.74, 6) is 0.733. The van der Waals surface area contributed by atoms with Crippen LogP contribution in [0.25, 0.3) is 5.70 Å². The fourth-order valence-corrected chi connectivity index (χ4v) is 3.08. The Morgan fingerprint density at radius 3 is 2.50 bits per heavy atom. The Morgan fingerprint density at radius 1 is 1.08 bits per heavy atom. The summed E-state index contributed by atoms with van der Waals surface area (Å²) in [5, 5.41) is 7.53. The van der Waals surface area contributed by atoms with E-state index in [0.29, 0.717) is 5.95 Å². The maximum atomic E-state index is 12.3. The van der Waals surface area contributed by atoms with Crippen molar-refractivity contribution in [1.29, 1.82) is 0 Å². The molecule has 0 radical (unpaired) electrons. The summed E-state index contributed by atoms with van der Waals surface area (Å²) in [6, 6.07) is 14.2. The number of fused-ring (bicyclic) bond motifs is 1. The van der Waals surface area contributed by atoms with Crippen molar-refractivity contribution in [2.45, 2.75) is 12.7 Å². The average molecular weight is 419 g/mol. The van der Waals surface area contributed by atoms with Crippen molar-refractivity contribution < 1.29 is 13.5 Å². The van der Waals surface area contributed by atoms with Crippen molar-refractivity contribution in [1.82, 2.24) is 14.8 Å². The SMILES string of the molecule is FC(F)Oc1ccc([C@H]2C=C(c3ccc(Br)cc3)Nc3ncnn32)cc1. The molecule has 0 amide bonds. The Morgan fingerprint density at radius 2 is 1.81 bits per heavy atom. The van der Waals surface area contributed by atoms with Crippen LogP contribution >= 0.6 is 15.9 Å². The molecule has 0 bridgehead atoms. The van der Waals surface area contributed by atoms with E-state index in [2.05, 4.69) is 36.1 Å². The van der Waals surface area contributed by atoms with Gasteiger partial charge in [-0.15, -0.1) is 0 Å². The lowest BCUT2D eigenvalue weighted by Crippen LogP contribution is -2.20. The third-order valence-electron chi connectivity index (χ3n) is 4.01. The highest BCUT2D eigenvalue weighted by Crippen LogP contribution is 2.33. The smallest absolute Gasteiger partial charge is 0.387 e. The van der Waals surface area contributed by atoms with Gasteiger partial charge < -0.3 is 10.1 Å². The lowest BCUT2D eigenvalue weighted by atomic mass is 10.0. The number of rotatable bonds is 4. The van der Waals surface area contributed by atoms with Gasteiger partial charge in [-0.05, 0) is 41.5 Å². The molecule has 0 saturated heterocycles. The van der Waals surface area contributed by atoms with Crippen molar-refractivity contribution in [3.63, 3.8) is 0 Å². The maximum Gasteiger partial charge on any atom is 0.387 e. The Hall–Kier alpha value is -2.74. The molecule has 0 saturated carbocycles. The van der Waals surface area contributed by atoms with Gasteiger partial charge in [-0.2, -0.15) is 18.9 Å². The summed E-state index contributed by atoms with van der Waals surface area (Å²) in [7, 11) is 0. The zero-order valence-electron chi connectivity index (χ0n) is 13.3. The number of nitrogens with zero attached hydrogens (tertiary/aromatic N) is 3. The third-order valence-corrected chi connectivity index (χ3v) is 4.54. The van der Waals surface area contributed by atoms with Crippen LogP contribution in [-0.4, -0.2) is 21.4 Å². The lowest BCUT2D eigenvalue weighted by Gasteiger charge is -2.24. The highest BCUT2D eigenvalue weighted by atomic mass is 79.9. The van der Waals surface area contributed by atoms with Gasteiger partial charge in [-0.3, -0.25) is 0 Å². The molecule has 1 aliphatic rings. The van der Waals surface area contributed by atoms with Crippen molar-refractivity contribution in [2.75, 3.05) is 5.32 Å². The van der Waals surface area contributed by atoms with Crippen LogP contribution in [0.2, 0.25) is 0 Å². The van der Waals surface area contributed by atoms with Crippen molar-refractivity contribution in [2.24, 2.45) is 0 Å². The monoisotopic (exact) mass is 418 g/mol. The van der Waals surface area contributed by atoms with Crippen LogP contribution in [0.15, 0.2) is 65.4 Å². The molecule has 1 N–H and O–H groups in total. The summed E-state index contributed by atoms with van der Waals surface area (Å²) in [6.45, 7) is -2.84. The Balaban J connectivity index is 1.70. The predicted octanol–water partition coefficient (Wildman–Crippen LogP) is 4.70. The van der Waals surface area contributed by atoms with Gasteiger partial charge in [0.1, 0.15) is 18.1 Å². The Bertz CT molecular complexity index is 939. The Kier molecular flexibility index (Phi) is 4.42. The normalized spacial score (nSPS) is 16.0. The molecule has 4 rings (SSSR count). The zero-order chi connectivity index (χ0) is 18.1. The van der Waals surface area contributed by atoms with Crippen LogP contribution in [0.5, 0.6) is 5.75 Å². The maximum absolute atomic E-state index is 12.3. The van der Waals surface area contributed by atoms with Gasteiger partial charge >= 0.3 is 6.61 Å². The van der Waals surface area contributed by atoms with E-state index in [1.54, 1.807) is 16.8 Å². The largest absolute Gasteiger partial charge is 0.435 e. The first kappa shape index (κ1) is 16.7. The summed E-state index contributed by atoms with van der Waals surface area (Å²) in [6.07, 6.45) is 3.50. The molecule has 0 aliphatic carbocycles. The van der Waals surface area contributed by atoms with E-state index in [4.69, 9.17) is 0 Å². The number of hydrogen-bond donors (Lipinski definition) is 1. The molecule has 3 aromatic rings. The summed E-state index contributed by atoms with van der Waals surface area (Å²) in [5.41, 5.74) is 2.79. The standard InChI is InChI=1S/C18H13BrF2N4O/c19-13-5-1-11(2-6-13)15-9-16(25-18(24-15)22-10-23-25)12-3-7-14(8-4-12)26-17(20)21/h1-10,16-17H,(H,22,23,24)/t16-/m1/s1. The molecule has 0 spiro atoms. The second-order valence-electron chi connectivity index (χ2n) is 5.63. The van der Waals surface area contributed by atoms with Crippen LogP contribution in [-0.2, 0) is 0 Å². The fourth-order valence-electron chi connectivity index (χ4n) is 2.82. The highest BCUT2D eigenvalue weighted by molar-refractivity contribution is 9.10. The first-order chi connectivity index (χ1) is 12.6. The molecule has 2 aromatic carbocycles. The van der Waals surface area contributed by atoms with E-state index in [1.807, 2.05) is 30.3 Å². The van der Waals surface area contributed by atoms with Crippen LogP contribution in [0.1, 0.15) is 17.2 Å². The molecular formula is C18H13BrF2N4O. The molecule has 2 heterocycles. The van der Waals surface area contributed by atoms with E-state index in [0.717, 1.165) is 21.3 Å². The van der Waals surface area contributed by atoms with E-state index < -0.39 is 6.61 Å². The van der Waals surface area contributed by atoms with Gasteiger partial charge in [-0.1, -0.05) is 40.2 Å². The number of nitrogens with one attached hydrogen (secondary N) is 1. The minimum Gasteiger partial charge on any atom is -0.435 e. The number of halogens is 3. The number of benzene rings is 2. The minimum absolute atomic E-state index is 0.119. The topological polar surface area (TPSA) is 52.0 Å². The molecule has 1 aliphatic heterocycles. The molecule has 132 valence electrons. The number of alkyl halides is 2. The number of hydrogen-bond acceptors (Lipinski definition) is 4. The molecular weight excluding hydrogens is 406 g/mol. The van der Waals surface area contributed by atoms with Gasteiger partial charge in [0.2, 0.25) is 5.95 Å². The summed E-state index contributed by atoms with van der Waals surface area (Å²) >= 11 is 3.43. The van der Waals surface area contributed by atoms with E-state index in [9.17, 15) is 8.78 Å². The van der Waals surface area contributed by atoms with Crippen molar-refractivity contribution in [3.05, 3.63) is 76.5 Å². The highest BCUT2D eigenvalue weighted by Gasteiger charge is 2.23. The van der Waals surface area contributed by atoms with E-state index in [-0.39, 0.29) is 11.8 Å². The van der Waals surface area contributed by atoms with Crippen LogP contribution < -0.4 is 10.1 Å². The molecule has 0 fully saturated rings. The van der Waals surface area contributed by atoms with Gasteiger partial charge in [-0.25, -0.2) is 4.68 Å². The van der Waals surface area contributed by atoms with E-state index in [1.165, 1.54) is 18.5 Å². The Labute approximate surface area is 156 Å².